The van der Waals surface area contributed by atoms with Gasteiger partial charge in [0.25, 0.3) is 0 Å². The number of rotatable bonds is 10. The Balaban J connectivity index is 1.26. The van der Waals surface area contributed by atoms with Crippen LogP contribution in [0.5, 0.6) is 11.5 Å². The fraction of sp³-hybridized carbons (Fsp3) is 0.500. The van der Waals surface area contributed by atoms with Gasteiger partial charge in [-0.15, -0.1) is 0 Å². The van der Waals surface area contributed by atoms with Crippen LogP contribution in [0, 0.1) is 0 Å². The van der Waals surface area contributed by atoms with Gasteiger partial charge in [-0.3, -0.25) is 0 Å². The van der Waals surface area contributed by atoms with Gasteiger partial charge >= 0.3 is 0 Å². The van der Waals surface area contributed by atoms with Gasteiger partial charge in [0.1, 0.15) is 11.5 Å². The van der Waals surface area contributed by atoms with Crippen LogP contribution in [0.2, 0.25) is 0 Å². The van der Waals surface area contributed by atoms with E-state index in [9.17, 15) is 4.55 Å². The molecule has 0 amide bonds. The summed E-state index contributed by atoms with van der Waals surface area (Å²) in [6.07, 6.45) is 4.72. The largest absolute Gasteiger partial charge is 0.590 e. The standard InChI is InChI=1S/C24H30N2O3S/c27-30-23-7-5-19(28-15-3-13-25-9-1-10-25)17-21(23)22-18-20(6-8-24(22)30)29-16-4-14-26-11-2-12-26/h5-8,17-18H,1-4,9-16H2. The molecule has 0 saturated carbocycles. The maximum Gasteiger partial charge on any atom is 0.181 e. The summed E-state index contributed by atoms with van der Waals surface area (Å²) >= 11 is 0. The molecule has 2 aliphatic rings. The van der Waals surface area contributed by atoms with E-state index in [4.69, 9.17) is 9.47 Å². The minimum atomic E-state index is -1.13. The van der Waals surface area contributed by atoms with E-state index >= 15 is 0 Å². The Kier molecular flexibility index (Phi) is 6.09. The fourth-order valence-electron chi connectivity index (χ4n) is 4.23. The topological polar surface area (TPSA) is 48.0 Å². The van der Waals surface area contributed by atoms with E-state index in [1.165, 1.54) is 39.0 Å². The average molecular weight is 427 g/mol. The molecule has 3 heterocycles. The van der Waals surface area contributed by atoms with Gasteiger partial charge < -0.3 is 23.8 Å². The van der Waals surface area contributed by atoms with Gasteiger partial charge in [-0.2, -0.15) is 0 Å². The number of ether oxygens (including phenoxy) is 2. The Hall–Kier alpha value is -1.86. The van der Waals surface area contributed by atoms with Crippen LogP contribution in [0.4, 0.5) is 0 Å². The van der Waals surface area contributed by atoms with E-state index < -0.39 is 10.8 Å². The van der Waals surface area contributed by atoms with Crippen molar-refractivity contribution in [2.75, 3.05) is 52.5 Å². The van der Waals surface area contributed by atoms with Crippen LogP contribution in [-0.4, -0.2) is 66.8 Å². The Labute approximate surface area is 181 Å². The molecule has 5 nitrogen and oxygen atoms in total. The van der Waals surface area contributed by atoms with Crippen molar-refractivity contribution < 1.29 is 14.0 Å². The molecule has 0 atom stereocenters. The molecule has 6 heteroatoms. The zero-order valence-electron chi connectivity index (χ0n) is 17.5. The molecule has 2 aromatic carbocycles. The maximum atomic E-state index is 12.9. The van der Waals surface area contributed by atoms with Crippen molar-refractivity contribution in [3.63, 3.8) is 0 Å². The van der Waals surface area contributed by atoms with Crippen molar-refractivity contribution in [3.05, 3.63) is 36.4 Å². The molecule has 2 aliphatic heterocycles. The first-order chi connectivity index (χ1) is 14.8. The van der Waals surface area contributed by atoms with Crippen LogP contribution in [0.25, 0.3) is 20.2 Å². The molecular weight excluding hydrogens is 396 g/mol. The van der Waals surface area contributed by atoms with E-state index in [1.807, 2.05) is 36.4 Å². The van der Waals surface area contributed by atoms with Crippen LogP contribution >= 0.6 is 10.8 Å². The van der Waals surface area contributed by atoms with E-state index in [0.29, 0.717) is 13.2 Å². The van der Waals surface area contributed by atoms with Crippen molar-refractivity contribution in [2.24, 2.45) is 0 Å². The average Bonchev–Trinajstić information content (AvgIpc) is 2.96. The van der Waals surface area contributed by atoms with Gasteiger partial charge in [-0.1, -0.05) is 0 Å². The Morgan fingerprint density at radius 2 is 1.20 bits per heavy atom. The number of hydrogen-bond acceptors (Lipinski definition) is 5. The molecule has 3 aromatic rings. The second kappa shape index (κ2) is 9.10. The van der Waals surface area contributed by atoms with Crippen LogP contribution < -0.4 is 9.47 Å². The zero-order valence-corrected chi connectivity index (χ0v) is 18.3. The number of likely N-dealkylation sites (tertiary alicyclic amines) is 2. The van der Waals surface area contributed by atoms with Gasteiger partial charge in [-0.25, -0.2) is 0 Å². The third-order valence-corrected chi connectivity index (χ3v) is 7.77. The van der Waals surface area contributed by atoms with Gasteiger partial charge in [0.05, 0.1) is 24.0 Å². The van der Waals surface area contributed by atoms with Crippen LogP contribution in [0.15, 0.2) is 36.4 Å². The van der Waals surface area contributed by atoms with E-state index in [2.05, 4.69) is 9.80 Å². The second-order valence-electron chi connectivity index (χ2n) is 8.38. The summed E-state index contributed by atoms with van der Waals surface area (Å²) in [6, 6.07) is 11.9. The van der Waals surface area contributed by atoms with Crippen molar-refractivity contribution in [3.8, 4) is 11.5 Å². The number of benzene rings is 2. The summed E-state index contributed by atoms with van der Waals surface area (Å²) in [7, 11) is -1.13. The highest BCUT2D eigenvalue weighted by Gasteiger charge is 2.18. The minimum Gasteiger partial charge on any atom is -0.590 e. The molecule has 30 heavy (non-hydrogen) atoms. The van der Waals surface area contributed by atoms with Crippen LogP contribution in [0.1, 0.15) is 25.7 Å². The Morgan fingerprint density at radius 1 is 0.733 bits per heavy atom. The lowest BCUT2D eigenvalue weighted by Crippen LogP contribution is -2.38. The summed E-state index contributed by atoms with van der Waals surface area (Å²) in [6.45, 7) is 8.55. The van der Waals surface area contributed by atoms with Gasteiger partial charge in [0.15, 0.2) is 9.40 Å². The zero-order chi connectivity index (χ0) is 20.3. The molecule has 0 spiro atoms. The summed E-state index contributed by atoms with van der Waals surface area (Å²) in [5.41, 5.74) is 0. The molecule has 160 valence electrons. The van der Waals surface area contributed by atoms with E-state index in [0.717, 1.165) is 57.6 Å². The fourth-order valence-corrected chi connectivity index (χ4v) is 5.58. The molecule has 2 saturated heterocycles. The summed E-state index contributed by atoms with van der Waals surface area (Å²) in [5.74, 6) is 1.70. The molecule has 0 radical (unpaired) electrons. The van der Waals surface area contributed by atoms with Crippen LogP contribution in [-0.2, 0) is 0 Å². The highest BCUT2D eigenvalue weighted by atomic mass is 32.2. The number of nitrogens with zero attached hydrogens (tertiary/aromatic N) is 2. The number of hydrogen-bond donors (Lipinski definition) is 0. The first-order valence-electron chi connectivity index (χ1n) is 11.2. The molecule has 5 rings (SSSR count). The van der Waals surface area contributed by atoms with Gasteiger partial charge in [0.2, 0.25) is 0 Å². The Morgan fingerprint density at radius 3 is 1.60 bits per heavy atom. The van der Waals surface area contributed by atoms with Crippen molar-refractivity contribution in [2.45, 2.75) is 25.7 Å². The van der Waals surface area contributed by atoms with Crippen molar-refractivity contribution in [1.82, 2.24) is 9.80 Å². The highest BCUT2D eigenvalue weighted by Crippen LogP contribution is 2.43. The Bertz CT molecular complexity index is 931. The van der Waals surface area contributed by atoms with Gasteiger partial charge in [-0.05, 0) is 86.9 Å². The minimum absolute atomic E-state index is 0.714. The third-order valence-electron chi connectivity index (χ3n) is 6.26. The third kappa shape index (κ3) is 4.28. The summed E-state index contributed by atoms with van der Waals surface area (Å²) < 4.78 is 26.6. The first kappa shape index (κ1) is 20.1. The van der Waals surface area contributed by atoms with Gasteiger partial charge in [0, 0.05) is 25.2 Å². The highest BCUT2D eigenvalue weighted by molar-refractivity contribution is 7.37. The van der Waals surface area contributed by atoms with Crippen molar-refractivity contribution >= 4 is 30.9 Å². The predicted octanol–water partition coefficient (Wildman–Crippen LogP) is 4.67. The van der Waals surface area contributed by atoms with E-state index in [1.54, 1.807) is 0 Å². The smallest absolute Gasteiger partial charge is 0.181 e. The molecule has 0 aliphatic carbocycles. The molecule has 0 bridgehead atoms. The number of fused-ring (bicyclic) bond motifs is 3. The predicted molar refractivity (Wildman–Crippen MR) is 122 cm³/mol. The molecular formula is C24H30N2O3S. The number of thiophene rings is 1. The van der Waals surface area contributed by atoms with Crippen molar-refractivity contribution in [1.29, 1.82) is 0 Å². The lowest BCUT2D eigenvalue weighted by molar-refractivity contribution is 0.165. The molecule has 1 aromatic heterocycles. The second-order valence-corrected chi connectivity index (χ2v) is 9.80. The van der Waals surface area contributed by atoms with Crippen LogP contribution in [0.3, 0.4) is 0 Å². The summed E-state index contributed by atoms with van der Waals surface area (Å²) in [4.78, 5) is 4.91. The molecule has 2 fully saturated rings. The summed E-state index contributed by atoms with van der Waals surface area (Å²) in [5, 5.41) is 2.02. The molecule has 0 unspecified atom stereocenters. The first-order valence-corrected chi connectivity index (χ1v) is 12.3. The maximum absolute atomic E-state index is 12.9. The normalized spacial score (nSPS) is 17.2. The lowest BCUT2D eigenvalue weighted by Gasteiger charge is -2.30. The monoisotopic (exact) mass is 426 g/mol. The SMILES string of the molecule is [O-][s+]1c2ccc(OCCCN3CCC3)cc2c2cc(OCCCN3CCC3)ccc21. The molecule has 0 N–H and O–H groups in total. The van der Waals surface area contributed by atoms with E-state index in [-0.39, 0.29) is 0 Å². The lowest BCUT2D eigenvalue weighted by atomic mass is 10.1. The quantitative estimate of drug-likeness (QED) is 0.348.